The summed E-state index contributed by atoms with van der Waals surface area (Å²) in [7, 11) is 1.58. The first-order valence-corrected chi connectivity index (χ1v) is 8.68. The lowest BCUT2D eigenvalue weighted by molar-refractivity contribution is -0.141. The number of hydrogen-bond donors (Lipinski definition) is 1. The molecular formula is C20H19NO6. The quantitative estimate of drug-likeness (QED) is 0.835. The van der Waals surface area contributed by atoms with Gasteiger partial charge in [0, 0.05) is 5.69 Å². The molecule has 2 aromatic carbocycles. The number of nitrogens with one attached hydrogen (secondary N) is 1. The van der Waals surface area contributed by atoms with Gasteiger partial charge < -0.3 is 24.3 Å². The van der Waals surface area contributed by atoms with Gasteiger partial charge in [0.25, 0.3) is 0 Å². The maximum absolute atomic E-state index is 12.8. The average Bonchev–Trinajstić information content (AvgIpc) is 3.10. The van der Waals surface area contributed by atoms with E-state index >= 15 is 0 Å². The van der Waals surface area contributed by atoms with E-state index in [0.717, 1.165) is 0 Å². The maximum atomic E-state index is 12.8. The predicted octanol–water partition coefficient (Wildman–Crippen LogP) is 2.71. The number of esters is 1. The Morgan fingerprint density at radius 3 is 2.56 bits per heavy atom. The maximum Gasteiger partial charge on any atom is 0.307 e. The van der Waals surface area contributed by atoms with E-state index in [1.807, 2.05) is 0 Å². The molecule has 140 valence electrons. The molecule has 1 saturated heterocycles. The molecule has 7 heteroatoms. The highest BCUT2D eigenvalue weighted by atomic mass is 16.6. The number of anilines is 1. The smallest absolute Gasteiger partial charge is 0.307 e. The minimum atomic E-state index is -0.661. The average molecular weight is 369 g/mol. The van der Waals surface area contributed by atoms with Gasteiger partial charge in [0.15, 0.2) is 11.5 Å². The molecule has 2 aliphatic heterocycles. The van der Waals surface area contributed by atoms with Crippen molar-refractivity contribution in [1.29, 1.82) is 0 Å². The van der Waals surface area contributed by atoms with Crippen LogP contribution in [-0.4, -0.2) is 32.2 Å². The van der Waals surface area contributed by atoms with E-state index < -0.39 is 18.0 Å². The molecule has 1 N–H and O–H groups in total. The molecule has 27 heavy (non-hydrogen) atoms. The van der Waals surface area contributed by atoms with E-state index in [9.17, 15) is 9.59 Å². The predicted molar refractivity (Wildman–Crippen MR) is 96.0 cm³/mol. The molecule has 0 saturated carbocycles. The largest absolute Gasteiger partial charge is 0.497 e. The molecule has 2 heterocycles. The molecule has 1 fully saturated rings. The third-order valence-electron chi connectivity index (χ3n) is 4.60. The Hall–Kier alpha value is -3.22. The fourth-order valence-corrected chi connectivity index (χ4v) is 3.24. The van der Waals surface area contributed by atoms with Crippen molar-refractivity contribution in [2.45, 2.75) is 12.5 Å². The second kappa shape index (κ2) is 7.19. The summed E-state index contributed by atoms with van der Waals surface area (Å²) < 4.78 is 21.6. The van der Waals surface area contributed by atoms with E-state index in [0.29, 0.717) is 41.7 Å². The molecule has 7 nitrogen and oxygen atoms in total. The molecular weight excluding hydrogens is 350 g/mol. The second-order valence-corrected chi connectivity index (χ2v) is 6.34. The van der Waals surface area contributed by atoms with Crippen LogP contribution in [0.1, 0.15) is 18.1 Å². The number of rotatable bonds is 4. The molecule has 0 aliphatic carbocycles. The number of amides is 1. The lowest BCUT2D eigenvalue weighted by atomic mass is 9.94. The molecule has 4 rings (SSSR count). The topological polar surface area (TPSA) is 83.1 Å². The van der Waals surface area contributed by atoms with Gasteiger partial charge in [-0.25, -0.2) is 0 Å². The van der Waals surface area contributed by atoms with Crippen LogP contribution in [0.5, 0.6) is 17.2 Å². The van der Waals surface area contributed by atoms with E-state index in [-0.39, 0.29) is 12.3 Å². The SMILES string of the molecule is COc1ccc(NC(=O)[C@@H]2CC(=O)O[C@@H]2c2ccc3c(c2)OCCO3)cc1. The van der Waals surface area contributed by atoms with Crippen molar-refractivity contribution < 1.29 is 28.5 Å². The summed E-state index contributed by atoms with van der Waals surface area (Å²) in [5.41, 5.74) is 1.33. The van der Waals surface area contributed by atoms with Gasteiger partial charge in [-0.05, 0) is 42.0 Å². The third kappa shape index (κ3) is 3.53. The number of carbonyl (C=O) groups excluding carboxylic acids is 2. The summed E-state index contributed by atoms with van der Waals surface area (Å²) >= 11 is 0. The highest BCUT2D eigenvalue weighted by Gasteiger charge is 2.41. The number of fused-ring (bicyclic) bond motifs is 1. The van der Waals surface area contributed by atoms with Crippen molar-refractivity contribution in [3.63, 3.8) is 0 Å². The Balaban J connectivity index is 1.53. The highest BCUT2D eigenvalue weighted by Crippen LogP contribution is 2.40. The van der Waals surface area contributed by atoms with Crippen molar-refractivity contribution in [2.75, 3.05) is 25.6 Å². The first kappa shape index (κ1) is 17.2. The van der Waals surface area contributed by atoms with Gasteiger partial charge in [-0.3, -0.25) is 9.59 Å². The fourth-order valence-electron chi connectivity index (χ4n) is 3.24. The van der Waals surface area contributed by atoms with Crippen LogP contribution >= 0.6 is 0 Å². The van der Waals surface area contributed by atoms with Gasteiger partial charge in [0.1, 0.15) is 25.1 Å². The van der Waals surface area contributed by atoms with Gasteiger partial charge >= 0.3 is 5.97 Å². The van der Waals surface area contributed by atoms with Gasteiger partial charge in [0.05, 0.1) is 19.4 Å². The summed E-state index contributed by atoms with van der Waals surface area (Å²) in [6.45, 7) is 0.958. The van der Waals surface area contributed by atoms with Crippen LogP contribution in [-0.2, 0) is 14.3 Å². The minimum Gasteiger partial charge on any atom is -0.497 e. The minimum absolute atomic E-state index is 0.0289. The standard InChI is InChI=1S/C20H19NO6/c1-24-14-5-3-13(4-6-14)21-20(23)15-11-18(22)27-19(15)12-2-7-16-17(10-12)26-9-8-25-16/h2-7,10,15,19H,8-9,11H2,1H3,(H,21,23)/t15-,19-/m1/s1. The van der Waals surface area contributed by atoms with E-state index in [2.05, 4.69) is 5.32 Å². The summed E-state index contributed by atoms with van der Waals surface area (Å²) in [6, 6.07) is 12.3. The molecule has 2 aliphatic rings. The Kier molecular flexibility index (Phi) is 4.58. The van der Waals surface area contributed by atoms with Gasteiger partial charge in [0.2, 0.25) is 5.91 Å². The van der Waals surface area contributed by atoms with Crippen molar-refractivity contribution in [1.82, 2.24) is 0 Å². The number of methoxy groups -OCH3 is 1. The van der Waals surface area contributed by atoms with Gasteiger partial charge in [-0.2, -0.15) is 0 Å². The Bertz CT molecular complexity index is 863. The molecule has 1 amide bonds. The number of cyclic esters (lactones) is 1. The summed E-state index contributed by atoms with van der Waals surface area (Å²) in [5.74, 6) is 0.643. The highest BCUT2D eigenvalue weighted by molar-refractivity contribution is 5.96. The molecule has 0 aromatic heterocycles. The molecule has 0 bridgehead atoms. The monoisotopic (exact) mass is 369 g/mol. The first-order chi connectivity index (χ1) is 13.1. The van der Waals surface area contributed by atoms with Gasteiger partial charge in [-0.15, -0.1) is 0 Å². The Morgan fingerprint density at radius 2 is 1.81 bits per heavy atom. The molecule has 0 spiro atoms. The lowest BCUT2D eigenvalue weighted by Gasteiger charge is -2.22. The van der Waals surface area contributed by atoms with Gasteiger partial charge in [-0.1, -0.05) is 6.07 Å². The van der Waals surface area contributed by atoms with Crippen molar-refractivity contribution >= 4 is 17.6 Å². The first-order valence-electron chi connectivity index (χ1n) is 8.68. The van der Waals surface area contributed by atoms with Crippen LogP contribution < -0.4 is 19.5 Å². The second-order valence-electron chi connectivity index (χ2n) is 6.34. The molecule has 0 radical (unpaired) electrons. The fraction of sp³-hybridized carbons (Fsp3) is 0.300. The lowest BCUT2D eigenvalue weighted by Crippen LogP contribution is -2.25. The van der Waals surface area contributed by atoms with Crippen molar-refractivity contribution in [3.8, 4) is 17.2 Å². The summed E-state index contributed by atoms with van der Waals surface area (Å²) in [5, 5.41) is 2.84. The zero-order valence-corrected chi connectivity index (χ0v) is 14.8. The van der Waals surface area contributed by atoms with Crippen LogP contribution in [0, 0.1) is 5.92 Å². The van der Waals surface area contributed by atoms with E-state index in [1.54, 1.807) is 49.6 Å². The third-order valence-corrected chi connectivity index (χ3v) is 4.60. The number of carbonyl (C=O) groups is 2. The number of hydrogen-bond acceptors (Lipinski definition) is 6. The van der Waals surface area contributed by atoms with Crippen LogP contribution in [0.15, 0.2) is 42.5 Å². The van der Waals surface area contributed by atoms with Crippen LogP contribution in [0.25, 0.3) is 0 Å². The van der Waals surface area contributed by atoms with E-state index in [1.165, 1.54) is 0 Å². The van der Waals surface area contributed by atoms with Crippen LogP contribution in [0.3, 0.4) is 0 Å². The zero-order valence-electron chi connectivity index (χ0n) is 14.8. The zero-order chi connectivity index (χ0) is 18.8. The van der Waals surface area contributed by atoms with Crippen LogP contribution in [0.2, 0.25) is 0 Å². The summed E-state index contributed by atoms with van der Waals surface area (Å²) in [4.78, 5) is 24.6. The normalized spacial score (nSPS) is 20.7. The Labute approximate surface area is 156 Å². The molecule has 2 atom stereocenters. The van der Waals surface area contributed by atoms with E-state index in [4.69, 9.17) is 18.9 Å². The number of benzene rings is 2. The summed E-state index contributed by atoms with van der Waals surface area (Å²) in [6.07, 6.45) is -0.632. The Morgan fingerprint density at radius 1 is 1.07 bits per heavy atom. The van der Waals surface area contributed by atoms with Crippen LogP contribution in [0.4, 0.5) is 5.69 Å². The molecule has 0 unspecified atom stereocenters. The van der Waals surface area contributed by atoms with Crippen molar-refractivity contribution in [3.05, 3.63) is 48.0 Å². The number of ether oxygens (including phenoxy) is 4. The van der Waals surface area contributed by atoms with Crippen molar-refractivity contribution in [2.24, 2.45) is 5.92 Å². The molecule has 2 aromatic rings.